The lowest BCUT2D eigenvalue weighted by Gasteiger charge is -2.32. The number of alkyl carbamates (subject to hydrolysis) is 1. The highest BCUT2D eigenvalue weighted by Gasteiger charge is 2.30. The summed E-state index contributed by atoms with van der Waals surface area (Å²) in [5, 5.41) is 7.03. The molecule has 1 aliphatic rings. The van der Waals surface area contributed by atoms with Crippen LogP contribution >= 0.6 is 23.2 Å². The minimum Gasteiger partial charge on any atom is -0.447 e. The van der Waals surface area contributed by atoms with Crippen LogP contribution in [0.1, 0.15) is 23.6 Å². The SMILES string of the molecule is COCCNCCOCCOC(=O)N[C@H]1CCN(C[C@H](c2ccccc2)N(C)C(=O)Cc2ccc(Cl)c(Cl)c2)C1. The van der Waals surface area contributed by atoms with E-state index in [4.69, 9.17) is 37.4 Å². The number of benzene rings is 2. The molecule has 0 unspecified atom stereocenters. The van der Waals surface area contributed by atoms with Crippen LogP contribution in [-0.2, 0) is 25.4 Å². The second-order valence-corrected chi connectivity index (χ2v) is 10.6. The van der Waals surface area contributed by atoms with Crippen molar-refractivity contribution in [3.05, 3.63) is 69.7 Å². The summed E-state index contributed by atoms with van der Waals surface area (Å²) in [6.45, 7) is 5.36. The van der Waals surface area contributed by atoms with E-state index in [2.05, 4.69) is 15.5 Å². The third-order valence-corrected chi connectivity index (χ3v) is 7.52. The molecule has 220 valence electrons. The number of carbonyl (C=O) groups excluding carboxylic acids is 2. The maximum Gasteiger partial charge on any atom is 0.407 e. The number of carbonyl (C=O) groups is 2. The Bertz CT molecular complexity index is 1060. The third kappa shape index (κ3) is 10.9. The van der Waals surface area contributed by atoms with Crippen LogP contribution in [0.5, 0.6) is 0 Å². The van der Waals surface area contributed by atoms with Crippen LogP contribution in [0.3, 0.4) is 0 Å². The molecule has 9 nitrogen and oxygen atoms in total. The number of nitrogens with one attached hydrogen (secondary N) is 2. The number of hydrogen-bond donors (Lipinski definition) is 2. The maximum absolute atomic E-state index is 13.3. The normalized spacial score (nSPS) is 16.1. The second-order valence-electron chi connectivity index (χ2n) is 9.74. The van der Waals surface area contributed by atoms with Crippen LogP contribution in [0.15, 0.2) is 48.5 Å². The number of likely N-dealkylation sites (N-methyl/N-ethyl adjacent to an activating group) is 1. The molecule has 2 N–H and O–H groups in total. The van der Waals surface area contributed by atoms with Crippen molar-refractivity contribution >= 4 is 35.2 Å². The Morgan fingerprint density at radius 2 is 1.82 bits per heavy atom. The van der Waals surface area contributed by atoms with E-state index in [0.29, 0.717) is 49.5 Å². The van der Waals surface area contributed by atoms with E-state index in [9.17, 15) is 9.59 Å². The number of hydrogen-bond acceptors (Lipinski definition) is 7. The number of amides is 2. The van der Waals surface area contributed by atoms with Gasteiger partial charge in [-0.05, 0) is 29.7 Å². The quantitative estimate of drug-likeness (QED) is 0.286. The molecule has 0 radical (unpaired) electrons. The molecule has 3 rings (SSSR count). The molecule has 1 saturated heterocycles. The summed E-state index contributed by atoms with van der Waals surface area (Å²) >= 11 is 12.2. The van der Waals surface area contributed by atoms with Gasteiger partial charge < -0.3 is 29.7 Å². The highest BCUT2D eigenvalue weighted by molar-refractivity contribution is 6.42. The fraction of sp³-hybridized carbons (Fsp3) is 0.517. The molecule has 1 heterocycles. The molecule has 40 heavy (non-hydrogen) atoms. The monoisotopic (exact) mass is 594 g/mol. The topological polar surface area (TPSA) is 92.4 Å². The zero-order valence-electron chi connectivity index (χ0n) is 23.2. The van der Waals surface area contributed by atoms with Crippen molar-refractivity contribution < 1.29 is 23.8 Å². The predicted molar refractivity (Wildman–Crippen MR) is 157 cm³/mol. The second kappa shape index (κ2) is 17.4. The van der Waals surface area contributed by atoms with E-state index in [1.807, 2.05) is 43.4 Å². The van der Waals surface area contributed by atoms with Gasteiger partial charge in [0.15, 0.2) is 0 Å². The molecule has 1 fully saturated rings. The molecule has 1 aliphatic heterocycles. The van der Waals surface area contributed by atoms with Gasteiger partial charge in [-0.2, -0.15) is 0 Å². The molecule has 0 saturated carbocycles. The highest BCUT2D eigenvalue weighted by atomic mass is 35.5. The molecule has 2 aromatic rings. The van der Waals surface area contributed by atoms with Crippen LogP contribution in [0, 0.1) is 0 Å². The van der Waals surface area contributed by atoms with E-state index in [1.54, 1.807) is 24.1 Å². The van der Waals surface area contributed by atoms with E-state index < -0.39 is 6.09 Å². The maximum atomic E-state index is 13.3. The Labute approximate surface area is 247 Å². The molecule has 0 aromatic heterocycles. The largest absolute Gasteiger partial charge is 0.447 e. The Balaban J connectivity index is 1.45. The Morgan fingerprint density at radius 1 is 1.05 bits per heavy atom. The fourth-order valence-electron chi connectivity index (χ4n) is 4.56. The first-order valence-electron chi connectivity index (χ1n) is 13.5. The predicted octanol–water partition coefficient (Wildman–Crippen LogP) is 3.79. The first-order chi connectivity index (χ1) is 19.4. The van der Waals surface area contributed by atoms with Crippen molar-refractivity contribution in [3.8, 4) is 0 Å². The molecule has 0 spiro atoms. The summed E-state index contributed by atoms with van der Waals surface area (Å²) in [5.74, 6) is -0.0160. The number of nitrogens with zero attached hydrogens (tertiary/aromatic N) is 2. The van der Waals surface area contributed by atoms with Crippen LogP contribution in [-0.4, -0.2) is 101 Å². The number of rotatable bonds is 16. The van der Waals surface area contributed by atoms with Crippen LogP contribution < -0.4 is 10.6 Å². The van der Waals surface area contributed by atoms with Gasteiger partial charge in [-0.3, -0.25) is 9.69 Å². The van der Waals surface area contributed by atoms with Crippen molar-refractivity contribution in [1.82, 2.24) is 20.4 Å². The number of likely N-dealkylation sites (tertiary alicyclic amines) is 1. The Morgan fingerprint density at radius 3 is 2.58 bits per heavy atom. The van der Waals surface area contributed by atoms with Crippen LogP contribution in [0.25, 0.3) is 0 Å². The van der Waals surface area contributed by atoms with Crippen molar-refractivity contribution in [3.63, 3.8) is 0 Å². The molecule has 11 heteroatoms. The number of ether oxygens (including phenoxy) is 3. The molecular weight excluding hydrogens is 555 g/mol. The minimum atomic E-state index is -0.442. The van der Waals surface area contributed by atoms with Gasteiger partial charge in [-0.1, -0.05) is 59.6 Å². The molecule has 2 aromatic carbocycles. The van der Waals surface area contributed by atoms with Gasteiger partial charge in [0.1, 0.15) is 6.61 Å². The van der Waals surface area contributed by atoms with E-state index >= 15 is 0 Å². The average molecular weight is 596 g/mol. The lowest BCUT2D eigenvalue weighted by molar-refractivity contribution is -0.131. The summed E-state index contributed by atoms with van der Waals surface area (Å²) in [6.07, 6.45) is 0.587. The summed E-state index contributed by atoms with van der Waals surface area (Å²) in [6, 6.07) is 15.1. The lowest BCUT2D eigenvalue weighted by atomic mass is 10.0. The summed E-state index contributed by atoms with van der Waals surface area (Å²) in [4.78, 5) is 29.6. The smallest absolute Gasteiger partial charge is 0.407 e. The zero-order chi connectivity index (χ0) is 28.7. The summed E-state index contributed by atoms with van der Waals surface area (Å²) in [5.41, 5.74) is 1.86. The van der Waals surface area contributed by atoms with Crippen LogP contribution in [0.2, 0.25) is 10.0 Å². The minimum absolute atomic E-state index is 0.0160. The molecule has 0 bridgehead atoms. The Hall–Kier alpha value is -2.40. The summed E-state index contributed by atoms with van der Waals surface area (Å²) in [7, 11) is 3.49. The fourth-order valence-corrected chi connectivity index (χ4v) is 4.88. The van der Waals surface area contributed by atoms with Crippen LogP contribution in [0.4, 0.5) is 4.79 Å². The van der Waals surface area contributed by atoms with Gasteiger partial charge in [0, 0.05) is 52.9 Å². The third-order valence-electron chi connectivity index (χ3n) is 6.78. The van der Waals surface area contributed by atoms with Crippen molar-refractivity contribution in [2.24, 2.45) is 0 Å². The standard InChI is InChI=1S/C29H40Cl2N4O5/c1-34(28(36)19-22-8-9-25(30)26(31)18-22)27(23-6-4-3-5-7-23)21-35-13-10-24(20-35)33-29(37)40-17-16-39-15-12-32-11-14-38-2/h3-9,18,24,27,32H,10-17,19-21H2,1-2H3,(H,33,37)/t24-,27+/m0/s1. The van der Waals surface area contributed by atoms with Gasteiger partial charge in [-0.15, -0.1) is 0 Å². The van der Waals surface area contributed by atoms with Gasteiger partial charge in [-0.25, -0.2) is 4.79 Å². The molecule has 0 aliphatic carbocycles. The van der Waals surface area contributed by atoms with Crippen molar-refractivity contribution in [2.75, 3.05) is 73.3 Å². The average Bonchev–Trinajstić information content (AvgIpc) is 3.39. The number of methoxy groups -OCH3 is 1. The van der Waals surface area contributed by atoms with Crippen molar-refractivity contribution in [2.45, 2.75) is 24.9 Å². The van der Waals surface area contributed by atoms with E-state index in [0.717, 1.165) is 30.6 Å². The van der Waals surface area contributed by atoms with Gasteiger partial charge in [0.25, 0.3) is 0 Å². The zero-order valence-corrected chi connectivity index (χ0v) is 24.8. The van der Waals surface area contributed by atoms with E-state index in [-0.39, 0.29) is 31.0 Å². The van der Waals surface area contributed by atoms with Gasteiger partial charge in [0.05, 0.1) is 42.3 Å². The molecule has 2 atom stereocenters. The summed E-state index contributed by atoms with van der Waals surface area (Å²) < 4.78 is 15.7. The van der Waals surface area contributed by atoms with E-state index in [1.165, 1.54) is 0 Å². The highest BCUT2D eigenvalue weighted by Crippen LogP contribution is 2.26. The van der Waals surface area contributed by atoms with Gasteiger partial charge in [0.2, 0.25) is 5.91 Å². The van der Waals surface area contributed by atoms with Crippen molar-refractivity contribution in [1.29, 1.82) is 0 Å². The van der Waals surface area contributed by atoms with Gasteiger partial charge >= 0.3 is 6.09 Å². The number of halogens is 2. The lowest BCUT2D eigenvalue weighted by Crippen LogP contribution is -2.41. The molecule has 2 amide bonds. The first-order valence-corrected chi connectivity index (χ1v) is 14.3. The molecular formula is C29H40Cl2N4O5. The Kier molecular flexibility index (Phi) is 14.0. The first kappa shape index (κ1) is 32.1.